The van der Waals surface area contributed by atoms with Gasteiger partial charge in [0.05, 0.1) is 0 Å². The van der Waals surface area contributed by atoms with Crippen LogP contribution in [0, 0.1) is 0 Å². The molecule has 0 bridgehead atoms. The molecule has 126 valence electrons. The fourth-order valence-corrected chi connectivity index (χ4v) is 3.98. The first-order valence-electron chi connectivity index (χ1n) is 8.61. The summed E-state index contributed by atoms with van der Waals surface area (Å²) < 4.78 is 0. The van der Waals surface area contributed by atoms with Gasteiger partial charge in [-0.2, -0.15) is 0 Å². The maximum absolute atomic E-state index is 12.6. The monoisotopic (exact) mass is 336 g/mol. The smallest absolute Gasteiger partial charge is 0.256 e. The summed E-state index contributed by atoms with van der Waals surface area (Å²) in [5, 5.41) is 10.9. The lowest BCUT2D eigenvalue weighted by atomic mass is 10.1. The van der Waals surface area contributed by atoms with Crippen LogP contribution in [-0.4, -0.2) is 53.0 Å². The van der Waals surface area contributed by atoms with Gasteiger partial charge in [-0.15, -0.1) is 0 Å². The lowest BCUT2D eigenvalue weighted by Gasteiger charge is -2.27. The number of carbonyl (C=O) groups is 1. The van der Waals surface area contributed by atoms with Gasteiger partial charge in [-0.25, -0.2) is 0 Å². The SMILES string of the molecule is O=C([C@@H](O)c1cccc(Cl)c1)N1CCCN(C2CCCC2)CC1. The third kappa shape index (κ3) is 4.06. The Hall–Kier alpha value is -1.10. The molecule has 1 atom stereocenters. The Morgan fingerprint density at radius 2 is 1.91 bits per heavy atom. The van der Waals surface area contributed by atoms with Gasteiger partial charge in [0.15, 0.2) is 6.10 Å². The summed E-state index contributed by atoms with van der Waals surface area (Å²) in [6.07, 6.45) is 5.10. The van der Waals surface area contributed by atoms with E-state index in [1.54, 1.807) is 29.2 Å². The molecule has 0 aromatic heterocycles. The lowest BCUT2D eigenvalue weighted by molar-refractivity contribution is -0.140. The van der Waals surface area contributed by atoms with Crippen LogP contribution in [0.25, 0.3) is 0 Å². The van der Waals surface area contributed by atoms with Crippen molar-refractivity contribution in [2.75, 3.05) is 26.2 Å². The number of rotatable bonds is 3. The third-order valence-corrected chi connectivity index (χ3v) is 5.32. The van der Waals surface area contributed by atoms with Crippen LogP contribution in [0.2, 0.25) is 5.02 Å². The molecule has 1 saturated carbocycles. The second-order valence-corrected chi connectivity index (χ2v) is 7.05. The van der Waals surface area contributed by atoms with Crippen LogP contribution < -0.4 is 0 Å². The van der Waals surface area contributed by atoms with Gasteiger partial charge in [-0.05, 0) is 37.0 Å². The highest BCUT2D eigenvalue weighted by atomic mass is 35.5. The quantitative estimate of drug-likeness (QED) is 0.923. The zero-order valence-electron chi connectivity index (χ0n) is 13.5. The van der Waals surface area contributed by atoms with E-state index in [0.717, 1.165) is 26.1 Å². The molecule has 0 radical (unpaired) electrons. The summed E-state index contributed by atoms with van der Waals surface area (Å²) in [5.74, 6) is -0.208. The average Bonchev–Trinajstić information content (AvgIpc) is 2.98. The number of aliphatic hydroxyl groups excluding tert-OH is 1. The molecule has 0 spiro atoms. The number of benzene rings is 1. The zero-order valence-corrected chi connectivity index (χ0v) is 14.2. The Balaban J connectivity index is 1.61. The molecular weight excluding hydrogens is 312 g/mol. The van der Waals surface area contributed by atoms with Gasteiger partial charge in [0, 0.05) is 37.2 Å². The Bertz CT molecular complexity index is 546. The predicted molar refractivity (Wildman–Crippen MR) is 91.4 cm³/mol. The van der Waals surface area contributed by atoms with Crippen molar-refractivity contribution < 1.29 is 9.90 Å². The molecule has 1 saturated heterocycles. The second kappa shape index (κ2) is 7.65. The summed E-state index contributed by atoms with van der Waals surface area (Å²) in [4.78, 5) is 16.9. The maximum Gasteiger partial charge on any atom is 0.256 e. The molecule has 0 unspecified atom stereocenters. The van der Waals surface area contributed by atoms with Gasteiger partial charge in [0.1, 0.15) is 0 Å². The number of nitrogens with zero attached hydrogens (tertiary/aromatic N) is 2. The third-order valence-electron chi connectivity index (χ3n) is 5.08. The molecule has 1 amide bonds. The molecule has 1 aliphatic carbocycles. The van der Waals surface area contributed by atoms with Crippen molar-refractivity contribution in [2.24, 2.45) is 0 Å². The van der Waals surface area contributed by atoms with Gasteiger partial charge in [0.25, 0.3) is 5.91 Å². The Morgan fingerprint density at radius 1 is 1.13 bits per heavy atom. The van der Waals surface area contributed by atoms with E-state index < -0.39 is 6.10 Å². The van der Waals surface area contributed by atoms with Crippen LogP contribution >= 0.6 is 11.6 Å². The fourth-order valence-electron chi connectivity index (χ4n) is 3.78. The van der Waals surface area contributed by atoms with Gasteiger partial charge in [-0.3, -0.25) is 9.69 Å². The average molecular weight is 337 g/mol. The van der Waals surface area contributed by atoms with E-state index in [1.165, 1.54) is 25.7 Å². The number of hydrogen-bond donors (Lipinski definition) is 1. The van der Waals surface area contributed by atoms with Crippen LogP contribution in [0.4, 0.5) is 0 Å². The highest BCUT2D eigenvalue weighted by molar-refractivity contribution is 6.30. The normalized spacial score (nSPS) is 22.1. The Kier molecular flexibility index (Phi) is 5.57. The van der Waals surface area contributed by atoms with Gasteiger partial charge < -0.3 is 10.0 Å². The molecule has 2 aliphatic rings. The molecule has 2 fully saturated rings. The summed E-state index contributed by atoms with van der Waals surface area (Å²) >= 11 is 5.95. The second-order valence-electron chi connectivity index (χ2n) is 6.61. The van der Waals surface area contributed by atoms with Crippen molar-refractivity contribution in [2.45, 2.75) is 44.2 Å². The van der Waals surface area contributed by atoms with Crippen molar-refractivity contribution in [1.82, 2.24) is 9.80 Å². The number of amides is 1. The van der Waals surface area contributed by atoms with Crippen LogP contribution in [0.15, 0.2) is 24.3 Å². The first-order valence-corrected chi connectivity index (χ1v) is 8.99. The fraction of sp³-hybridized carbons (Fsp3) is 0.611. The lowest BCUT2D eigenvalue weighted by Crippen LogP contribution is -2.40. The van der Waals surface area contributed by atoms with Gasteiger partial charge in [-0.1, -0.05) is 36.6 Å². The highest BCUT2D eigenvalue weighted by Gasteiger charge is 2.29. The minimum atomic E-state index is -1.12. The Morgan fingerprint density at radius 3 is 2.65 bits per heavy atom. The van der Waals surface area contributed by atoms with E-state index in [2.05, 4.69) is 4.90 Å². The predicted octanol–water partition coefficient (Wildman–Crippen LogP) is 2.85. The molecule has 4 nitrogen and oxygen atoms in total. The summed E-state index contributed by atoms with van der Waals surface area (Å²) in [5.41, 5.74) is 0.569. The number of hydrogen-bond acceptors (Lipinski definition) is 3. The highest BCUT2D eigenvalue weighted by Crippen LogP contribution is 2.25. The van der Waals surface area contributed by atoms with E-state index >= 15 is 0 Å². The van der Waals surface area contributed by atoms with E-state index in [1.807, 2.05) is 0 Å². The van der Waals surface area contributed by atoms with E-state index in [-0.39, 0.29) is 5.91 Å². The van der Waals surface area contributed by atoms with E-state index in [0.29, 0.717) is 23.2 Å². The van der Waals surface area contributed by atoms with Crippen molar-refractivity contribution in [3.8, 4) is 0 Å². The van der Waals surface area contributed by atoms with E-state index in [4.69, 9.17) is 11.6 Å². The first kappa shape index (κ1) is 16.7. The summed E-state index contributed by atoms with van der Waals surface area (Å²) in [6, 6.07) is 7.61. The topological polar surface area (TPSA) is 43.8 Å². The van der Waals surface area contributed by atoms with Crippen LogP contribution in [0.3, 0.4) is 0 Å². The van der Waals surface area contributed by atoms with E-state index in [9.17, 15) is 9.90 Å². The number of aliphatic hydroxyl groups is 1. The number of carbonyl (C=O) groups excluding carboxylic acids is 1. The van der Waals surface area contributed by atoms with Crippen molar-refractivity contribution in [3.63, 3.8) is 0 Å². The molecule has 1 N–H and O–H groups in total. The van der Waals surface area contributed by atoms with Crippen molar-refractivity contribution >= 4 is 17.5 Å². The summed E-state index contributed by atoms with van der Waals surface area (Å²) in [7, 11) is 0. The van der Waals surface area contributed by atoms with Gasteiger partial charge >= 0.3 is 0 Å². The molecule has 1 aliphatic heterocycles. The van der Waals surface area contributed by atoms with Crippen LogP contribution in [0.5, 0.6) is 0 Å². The first-order chi connectivity index (χ1) is 11.1. The summed E-state index contributed by atoms with van der Waals surface area (Å²) in [6.45, 7) is 3.40. The van der Waals surface area contributed by atoms with Crippen molar-refractivity contribution in [1.29, 1.82) is 0 Å². The molecule has 1 heterocycles. The standard InChI is InChI=1S/C18H25ClN2O2/c19-15-6-3-5-14(13-15)17(22)18(23)21-10-4-9-20(11-12-21)16-7-1-2-8-16/h3,5-6,13,16-17,22H,1-2,4,7-12H2/t17-/m0/s1. The molecule has 3 rings (SSSR count). The maximum atomic E-state index is 12.6. The minimum absolute atomic E-state index is 0.208. The molecule has 1 aromatic carbocycles. The van der Waals surface area contributed by atoms with Crippen molar-refractivity contribution in [3.05, 3.63) is 34.9 Å². The minimum Gasteiger partial charge on any atom is -0.378 e. The van der Waals surface area contributed by atoms with Gasteiger partial charge in [0.2, 0.25) is 0 Å². The molecule has 23 heavy (non-hydrogen) atoms. The zero-order chi connectivity index (χ0) is 16.2. The largest absolute Gasteiger partial charge is 0.378 e. The molecular formula is C18H25ClN2O2. The molecule has 5 heteroatoms. The van der Waals surface area contributed by atoms with Crippen LogP contribution in [0.1, 0.15) is 43.8 Å². The Labute approximate surface area is 143 Å². The molecule has 1 aromatic rings. The number of halogens is 1. The van der Waals surface area contributed by atoms with Crippen LogP contribution in [-0.2, 0) is 4.79 Å².